The third kappa shape index (κ3) is 1.30. The summed E-state index contributed by atoms with van der Waals surface area (Å²) in [5.41, 5.74) is 1.32. The van der Waals surface area contributed by atoms with Crippen LogP contribution < -0.4 is 0 Å². The molecule has 4 aliphatic rings. The van der Waals surface area contributed by atoms with Gasteiger partial charge in [-0.1, -0.05) is 5.16 Å². The largest absolute Gasteiger partial charge is 0.345 e. The average Bonchev–Trinajstić information content (AvgIpc) is 2.76. The minimum absolute atomic E-state index is 0.257. The average molecular weight is 228 g/mol. The normalized spacial score (nSPS) is 42.6. The van der Waals surface area contributed by atoms with Crippen LogP contribution in [0.5, 0.6) is 0 Å². The molecule has 1 aromatic heterocycles. The number of hydrogen-bond donors (Lipinski definition) is 0. The second-order valence-electron chi connectivity index (χ2n) is 6.39. The molecule has 3 heteroatoms. The van der Waals surface area contributed by atoms with Gasteiger partial charge in [0.05, 0.1) is 5.69 Å². The van der Waals surface area contributed by atoms with E-state index in [0.717, 1.165) is 23.4 Å². The van der Waals surface area contributed by atoms with Crippen molar-refractivity contribution in [1.82, 2.24) is 5.16 Å². The van der Waals surface area contributed by atoms with Crippen LogP contribution in [0.4, 0.5) is 0 Å². The van der Waals surface area contributed by atoms with Crippen molar-refractivity contribution in [3.05, 3.63) is 17.5 Å². The van der Waals surface area contributed by atoms with Crippen LogP contribution >= 0.6 is 0 Å². The summed E-state index contributed by atoms with van der Waals surface area (Å²) in [6.45, 7) is 0. The number of nitriles is 1. The molecule has 0 amide bonds. The van der Waals surface area contributed by atoms with E-state index in [1.807, 2.05) is 6.07 Å². The first-order valence-corrected chi connectivity index (χ1v) is 6.65. The Morgan fingerprint density at radius 2 is 1.76 bits per heavy atom. The Bertz CT molecular complexity index is 461. The zero-order chi connectivity index (χ0) is 11.5. The quantitative estimate of drug-likeness (QED) is 0.742. The minimum Gasteiger partial charge on any atom is -0.345 e. The summed E-state index contributed by atoms with van der Waals surface area (Å²) >= 11 is 0. The third-order valence-electron chi connectivity index (χ3n) is 5.20. The summed E-state index contributed by atoms with van der Waals surface area (Å²) in [7, 11) is 0. The predicted molar refractivity (Wildman–Crippen MR) is 61.1 cm³/mol. The van der Waals surface area contributed by atoms with Gasteiger partial charge in [-0.15, -0.1) is 0 Å². The van der Waals surface area contributed by atoms with E-state index in [9.17, 15) is 0 Å². The summed E-state index contributed by atoms with van der Waals surface area (Å²) in [5, 5.41) is 13.0. The van der Waals surface area contributed by atoms with Crippen molar-refractivity contribution in [2.45, 2.75) is 43.9 Å². The van der Waals surface area contributed by atoms with Crippen LogP contribution in [0.2, 0.25) is 0 Å². The first kappa shape index (κ1) is 9.70. The van der Waals surface area contributed by atoms with Gasteiger partial charge in [-0.2, -0.15) is 5.26 Å². The number of rotatable bonds is 1. The molecule has 4 bridgehead atoms. The second-order valence-corrected chi connectivity index (χ2v) is 6.39. The maximum absolute atomic E-state index is 8.85. The van der Waals surface area contributed by atoms with E-state index in [4.69, 9.17) is 9.78 Å². The van der Waals surface area contributed by atoms with Crippen LogP contribution in [0, 0.1) is 29.1 Å². The molecule has 0 spiro atoms. The lowest BCUT2D eigenvalue weighted by atomic mass is 9.49. The van der Waals surface area contributed by atoms with Crippen molar-refractivity contribution in [2.24, 2.45) is 17.8 Å². The second kappa shape index (κ2) is 3.13. The highest BCUT2D eigenvalue weighted by Gasteiger charge is 2.52. The van der Waals surface area contributed by atoms with Gasteiger partial charge in [-0.25, -0.2) is 0 Å². The maximum Gasteiger partial charge on any atom is 0.236 e. The van der Waals surface area contributed by atoms with E-state index in [1.54, 1.807) is 0 Å². The van der Waals surface area contributed by atoms with Crippen LogP contribution in [0.25, 0.3) is 0 Å². The summed E-state index contributed by atoms with van der Waals surface area (Å²) in [5.74, 6) is 3.09. The first-order chi connectivity index (χ1) is 8.27. The molecule has 1 heterocycles. The van der Waals surface area contributed by atoms with Crippen molar-refractivity contribution in [3.63, 3.8) is 0 Å². The first-order valence-electron chi connectivity index (χ1n) is 6.65. The summed E-state index contributed by atoms with van der Waals surface area (Å²) in [6, 6.07) is 3.93. The number of nitrogens with zero attached hydrogens (tertiary/aromatic N) is 2. The van der Waals surface area contributed by atoms with E-state index >= 15 is 0 Å². The van der Waals surface area contributed by atoms with Gasteiger partial charge in [0.25, 0.3) is 0 Å². The Morgan fingerprint density at radius 3 is 2.24 bits per heavy atom. The van der Waals surface area contributed by atoms with E-state index in [0.29, 0.717) is 5.76 Å². The molecule has 0 atom stereocenters. The van der Waals surface area contributed by atoms with Crippen molar-refractivity contribution in [2.75, 3.05) is 0 Å². The maximum atomic E-state index is 8.85. The Balaban J connectivity index is 1.75. The van der Waals surface area contributed by atoms with Gasteiger partial charge < -0.3 is 4.52 Å². The number of aromatic nitrogens is 1. The van der Waals surface area contributed by atoms with Gasteiger partial charge in [-0.3, -0.25) is 0 Å². The molecule has 0 saturated heterocycles. The predicted octanol–water partition coefficient (Wildman–Crippen LogP) is 3.01. The fraction of sp³-hybridized carbons (Fsp3) is 0.714. The van der Waals surface area contributed by atoms with Gasteiger partial charge >= 0.3 is 0 Å². The van der Waals surface area contributed by atoms with Crippen LogP contribution in [0.1, 0.15) is 50.0 Å². The van der Waals surface area contributed by atoms with Crippen LogP contribution in [-0.4, -0.2) is 5.16 Å². The lowest BCUT2D eigenvalue weighted by Crippen LogP contribution is -2.48. The Kier molecular flexibility index (Phi) is 1.79. The van der Waals surface area contributed by atoms with Crippen molar-refractivity contribution in [1.29, 1.82) is 5.26 Å². The zero-order valence-electron chi connectivity index (χ0n) is 9.85. The zero-order valence-corrected chi connectivity index (χ0v) is 9.85. The Hall–Kier alpha value is -1.30. The van der Waals surface area contributed by atoms with E-state index in [2.05, 4.69) is 11.2 Å². The topological polar surface area (TPSA) is 49.8 Å². The molecule has 1 aromatic rings. The van der Waals surface area contributed by atoms with Gasteiger partial charge in [-0.05, 0) is 56.3 Å². The lowest BCUT2D eigenvalue weighted by Gasteiger charge is -2.56. The van der Waals surface area contributed by atoms with Gasteiger partial charge in [0, 0.05) is 11.5 Å². The Labute approximate surface area is 101 Å². The molecule has 4 aliphatic carbocycles. The van der Waals surface area contributed by atoms with Crippen molar-refractivity contribution in [3.8, 4) is 6.07 Å². The number of hydrogen-bond acceptors (Lipinski definition) is 3. The highest BCUT2D eigenvalue weighted by atomic mass is 16.5. The molecule has 0 radical (unpaired) electrons. The minimum atomic E-state index is 0.257. The Morgan fingerprint density at radius 1 is 1.18 bits per heavy atom. The summed E-state index contributed by atoms with van der Waals surface area (Å²) in [6.07, 6.45) is 8.12. The fourth-order valence-electron chi connectivity index (χ4n) is 5.00. The molecule has 3 nitrogen and oxygen atoms in total. The monoisotopic (exact) mass is 228 g/mol. The van der Waals surface area contributed by atoms with E-state index in [1.165, 1.54) is 38.5 Å². The summed E-state index contributed by atoms with van der Waals surface area (Å²) in [4.78, 5) is 0. The van der Waals surface area contributed by atoms with Crippen molar-refractivity contribution < 1.29 is 4.52 Å². The molecule has 88 valence electrons. The molecule has 0 N–H and O–H groups in total. The van der Waals surface area contributed by atoms with E-state index < -0.39 is 0 Å². The van der Waals surface area contributed by atoms with E-state index in [-0.39, 0.29) is 5.41 Å². The van der Waals surface area contributed by atoms with Crippen molar-refractivity contribution >= 4 is 0 Å². The molecular formula is C14H16N2O. The van der Waals surface area contributed by atoms with Crippen LogP contribution in [-0.2, 0) is 5.41 Å². The molecule has 0 aromatic carbocycles. The van der Waals surface area contributed by atoms with Gasteiger partial charge in [0.2, 0.25) is 5.76 Å². The molecule has 4 fully saturated rings. The standard InChI is InChI=1S/C14H16N2O/c15-8-12-4-13(16-17-12)14-5-9-1-10(6-14)3-11(2-9)7-14/h4,9-11H,1-3,5-7H2. The summed E-state index contributed by atoms with van der Waals surface area (Å²) < 4.78 is 5.09. The molecule has 17 heavy (non-hydrogen) atoms. The van der Waals surface area contributed by atoms with Gasteiger partial charge in [0.15, 0.2) is 0 Å². The molecule has 0 aliphatic heterocycles. The highest BCUT2D eigenvalue weighted by Crippen LogP contribution is 2.60. The molecule has 0 unspecified atom stereocenters. The smallest absolute Gasteiger partial charge is 0.236 e. The molecular weight excluding hydrogens is 212 g/mol. The fourth-order valence-corrected chi connectivity index (χ4v) is 5.00. The highest BCUT2D eigenvalue weighted by molar-refractivity contribution is 5.27. The van der Waals surface area contributed by atoms with Crippen LogP contribution in [0.15, 0.2) is 10.6 Å². The third-order valence-corrected chi connectivity index (χ3v) is 5.20. The molecule has 5 rings (SSSR count). The SMILES string of the molecule is N#Cc1cc(C23CC4CC(CC(C4)C2)C3)no1. The van der Waals surface area contributed by atoms with Crippen LogP contribution in [0.3, 0.4) is 0 Å². The molecule has 4 saturated carbocycles. The van der Waals surface area contributed by atoms with Gasteiger partial charge in [0.1, 0.15) is 6.07 Å². The lowest BCUT2D eigenvalue weighted by molar-refractivity contribution is -0.00846.